The van der Waals surface area contributed by atoms with Crippen LogP contribution in [0.3, 0.4) is 0 Å². The Morgan fingerprint density at radius 1 is 1.28 bits per heavy atom. The monoisotopic (exact) mass is 271 g/mol. The number of amidine groups is 1. The third-order valence-electron chi connectivity index (χ3n) is 2.17. The number of benzene rings is 1. The molecule has 0 unspecified atom stereocenters. The molecule has 6 nitrogen and oxygen atoms in total. The highest BCUT2D eigenvalue weighted by atomic mass is 35.5. The number of halogens is 1. The smallest absolute Gasteiger partial charge is 0.251 e. The third-order valence-corrected chi connectivity index (χ3v) is 2.44. The average Bonchev–Trinajstić information content (AvgIpc) is 2.37. The van der Waals surface area contributed by atoms with Crippen LogP contribution in [0.1, 0.15) is 10.4 Å². The van der Waals surface area contributed by atoms with Gasteiger partial charge >= 0.3 is 0 Å². The first-order chi connectivity index (χ1) is 8.53. The second kappa shape index (κ2) is 6.11. The van der Waals surface area contributed by atoms with Crippen LogP contribution >= 0.6 is 11.6 Å². The SMILES string of the molecule is COc1cc(N=C(N)CCl)c(C(N)=O)cc1OC. The van der Waals surface area contributed by atoms with E-state index in [2.05, 4.69) is 4.99 Å². The molecular formula is C11H14ClN3O3. The van der Waals surface area contributed by atoms with E-state index in [0.29, 0.717) is 17.2 Å². The van der Waals surface area contributed by atoms with E-state index in [9.17, 15) is 4.79 Å². The number of nitrogens with two attached hydrogens (primary N) is 2. The molecule has 0 radical (unpaired) electrons. The maximum absolute atomic E-state index is 11.3. The molecule has 0 atom stereocenters. The summed E-state index contributed by atoms with van der Waals surface area (Å²) < 4.78 is 10.2. The van der Waals surface area contributed by atoms with Gasteiger partial charge in [-0.1, -0.05) is 0 Å². The van der Waals surface area contributed by atoms with Gasteiger partial charge in [0, 0.05) is 6.07 Å². The molecule has 0 fully saturated rings. The molecular weight excluding hydrogens is 258 g/mol. The van der Waals surface area contributed by atoms with E-state index < -0.39 is 5.91 Å². The van der Waals surface area contributed by atoms with Crippen molar-refractivity contribution in [3.8, 4) is 11.5 Å². The second-order valence-corrected chi connectivity index (χ2v) is 3.59. The summed E-state index contributed by atoms with van der Waals surface area (Å²) in [7, 11) is 2.93. The molecule has 0 aromatic heterocycles. The number of rotatable bonds is 5. The summed E-state index contributed by atoms with van der Waals surface area (Å²) in [5, 5.41) is 0. The molecule has 0 heterocycles. The van der Waals surface area contributed by atoms with E-state index in [0.717, 1.165) is 0 Å². The average molecular weight is 272 g/mol. The lowest BCUT2D eigenvalue weighted by Gasteiger charge is -2.11. The summed E-state index contributed by atoms with van der Waals surface area (Å²) >= 11 is 5.54. The Hall–Kier alpha value is -1.95. The van der Waals surface area contributed by atoms with Crippen LogP contribution in [-0.2, 0) is 0 Å². The number of alkyl halides is 1. The Bertz CT molecular complexity index is 489. The molecule has 98 valence electrons. The maximum atomic E-state index is 11.3. The molecule has 0 saturated heterocycles. The molecule has 0 saturated carbocycles. The number of methoxy groups -OCH3 is 2. The number of amides is 1. The number of aliphatic imine (C=N–C) groups is 1. The van der Waals surface area contributed by atoms with E-state index >= 15 is 0 Å². The summed E-state index contributed by atoms with van der Waals surface area (Å²) in [6, 6.07) is 2.96. The fraction of sp³-hybridized carbons (Fsp3) is 0.273. The zero-order valence-corrected chi connectivity index (χ0v) is 10.8. The molecule has 18 heavy (non-hydrogen) atoms. The standard InChI is InChI=1S/C11H14ClN3O3/c1-17-8-3-6(11(14)16)7(4-9(8)18-2)15-10(13)5-12/h3-4H,5H2,1-2H3,(H2,13,15)(H2,14,16). The van der Waals surface area contributed by atoms with Gasteiger partial charge in [0.15, 0.2) is 11.5 Å². The van der Waals surface area contributed by atoms with E-state index in [1.165, 1.54) is 26.4 Å². The Morgan fingerprint density at radius 2 is 1.83 bits per heavy atom. The minimum atomic E-state index is -0.642. The van der Waals surface area contributed by atoms with Crippen LogP contribution in [0.15, 0.2) is 17.1 Å². The Balaban J connectivity index is 3.43. The topological polar surface area (TPSA) is 99.9 Å². The van der Waals surface area contributed by atoms with Crippen molar-refractivity contribution >= 4 is 29.0 Å². The van der Waals surface area contributed by atoms with Gasteiger partial charge in [0.2, 0.25) is 0 Å². The molecule has 0 spiro atoms. The predicted molar refractivity (Wildman–Crippen MR) is 70.1 cm³/mol. The molecule has 0 aliphatic carbocycles. The van der Waals surface area contributed by atoms with Crippen LogP contribution in [0.4, 0.5) is 5.69 Å². The van der Waals surface area contributed by atoms with Crippen LogP contribution in [0.2, 0.25) is 0 Å². The lowest BCUT2D eigenvalue weighted by molar-refractivity contribution is 0.100. The Kier molecular flexibility index (Phi) is 4.79. The molecule has 0 aliphatic rings. The summed E-state index contributed by atoms with van der Waals surface area (Å²) in [5.74, 6) is 0.383. The van der Waals surface area contributed by atoms with Crippen LogP contribution in [0.5, 0.6) is 11.5 Å². The van der Waals surface area contributed by atoms with Crippen LogP contribution in [0.25, 0.3) is 0 Å². The van der Waals surface area contributed by atoms with Gasteiger partial charge in [-0.15, -0.1) is 11.6 Å². The zero-order valence-electron chi connectivity index (χ0n) is 10.1. The van der Waals surface area contributed by atoms with Crippen molar-refractivity contribution in [3.05, 3.63) is 17.7 Å². The molecule has 1 rings (SSSR count). The van der Waals surface area contributed by atoms with Gasteiger partial charge in [-0.25, -0.2) is 4.99 Å². The second-order valence-electron chi connectivity index (χ2n) is 3.33. The molecule has 0 aliphatic heterocycles. The fourth-order valence-corrected chi connectivity index (χ4v) is 1.40. The predicted octanol–water partition coefficient (Wildman–Crippen LogP) is 1.03. The summed E-state index contributed by atoms with van der Waals surface area (Å²) in [4.78, 5) is 15.4. The first-order valence-electron chi connectivity index (χ1n) is 4.98. The highest BCUT2D eigenvalue weighted by Gasteiger charge is 2.14. The largest absolute Gasteiger partial charge is 0.493 e. The van der Waals surface area contributed by atoms with Crippen LogP contribution in [0, 0.1) is 0 Å². The minimum Gasteiger partial charge on any atom is -0.493 e. The van der Waals surface area contributed by atoms with Gasteiger partial charge in [-0.3, -0.25) is 4.79 Å². The van der Waals surface area contributed by atoms with Crippen molar-refractivity contribution in [1.29, 1.82) is 0 Å². The fourth-order valence-electron chi connectivity index (χ4n) is 1.34. The Morgan fingerprint density at radius 3 is 2.28 bits per heavy atom. The third kappa shape index (κ3) is 3.04. The Labute approximate surface area is 110 Å². The number of ether oxygens (including phenoxy) is 2. The first-order valence-corrected chi connectivity index (χ1v) is 5.51. The summed E-state index contributed by atoms with van der Waals surface area (Å²) in [6.07, 6.45) is 0. The molecule has 0 bridgehead atoms. The van der Waals surface area contributed by atoms with Gasteiger partial charge in [-0.2, -0.15) is 0 Å². The molecule has 1 amide bonds. The highest BCUT2D eigenvalue weighted by molar-refractivity contribution is 6.28. The number of carbonyl (C=O) groups is 1. The van der Waals surface area contributed by atoms with Gasteiger partial charge < -0.3 is 20.9 Å². The molecule has 1 aromatic rings. The van der Waals surface area contributed by atoms with Crippen molar-refractivity contribution < 1.29 is 14.3 Å². The number of primary amides is 1. The van der Waals surface area contributed by atoms with Gasteiger partial charge in [0.25, 0.3) is 5.91 Å². The highest BCUT2D eigenvalue weighted by Crippen LogP contribution is 2.34. The number of nitrogens with zero attached hydrogens (tertiary/aromatic N) is 1. The van der Waals surface area contributed by atoms with Crippen molar-refractivity contribution in [1.82, 2.24) is 0 Å². The lowest BCUT2D eigenvalue weighted by atomic mass is 10.1. The van der Waals surface area contributed by atoms with Crippen LogP contribution in [-0.4, -0.2) is 31.8 Å². The summed E-state index contributed by atoms with van der Waals surface area (Å²) in [6.45, 7) is 0. The van der Waals surface area contributed by atoms with Gasteiger partial charge in [-0.05, 0) is 6.07 Å². The van der Waals surface area contributed by atoms with Crippen molar-refractivity contribution in [3.63, 3.8) is 0 Å². The van der Waals surface area contributed by atoms with Crippen molar-refractivity contribution in [2.45, 2.75) is 0 Å². The number of carbonyl (C=O) groups excluding carboxylic acids is 1. The van der Waals surface area contributed by atoms with Gasteiger partial charge in [0.1, 0.15) is 5.84 Å². The zero-order chi connectivity index (χ0) is 13.7. The maximum Gasteiger partial charge on any atom is 0.251 e. The van der Waals surface area contributed by atoms with E-state index in [4.69, 9.17) is 32.5 Å². The number of hydrogen-bond acceptors (Lipinski definition) is 4. The molecule has 1 aromatic carbocycles. The van der Waals surface area contributed by atoms with Crippen molar-refractivity contribution in [2.75, 3.05) is 20.1 Å². The van der Waals surface area contributed by atoms with Gasteiger partial charge in [0.05, 0.1) is 31.4 Å². The van der Waals surface area contributed by atoms with E-state index in [1.807, 2.05) is 0 Å². The normalized spacial score (nSPS) is 11.2. The van der Waals surface area contributed by atoms with E-state index in [1.54, 1.807) is 0 Å². The van der Waals surface area contributed by atoms with Crippen molar-refractivity contribution in [2.24, 2.45) is 16.5 Å². The van der Waals surface area contributed by atoms with E-state index in [-0.39, 0.29) is 17.3 Å². The quantitative estimate of drug-likeness (QED) is 0.474. The first kappa shape index (κ1) is 14.1. The number of hydrogen-bond donors (Lipinski definition) is 2. The minimum absolute atomic E-state index is 0.0482. The molecule has 4 N–H and O–H groups in total. The molecule has 7 heteroatoms. The lowest BCUT2D eigenvalue weighted by Crippen LogP contribution is -2.15. The van der Waals surface area contributed by atoms with Crippen LogP contribution < -0.4 is 20.9 Å². The summed E-state index contributed by atoms with van der Waals surface area (Å²) in [5.41, 5.74) is 11.3.